The van der Waals surface area contributed by atoms with Crippen molar-refractivity contribution < 1.29 is 23.8 Å². The largest absolute Gasteiger partial charge is 0.488 e. The van der Waals surface area contributed by atoms with Crippen LogP contribution >= 0.6 is 0 Å². The zero-order chi connectivity index (χ0) is 28.3. The van der Waals surface area contributed by atoms with E-state index in [4.69, 9.17) is 9.47 Å². The van der Waals surface area contributed by atoms with Crippen LogP contribution in [0.15, 0.2) is 97.1 Å². The van der Waals surface area contributed by atoms with Crippen molar-refractivity contribution in [2.75, 3.05) is 13.7 Å². The van der Waals surface area contributed by atoms with Crippen LogP contribution < -0.4 is 4.74 Å². The fourth-order valence-electron chi connectivity index (χ4n) is 5.23. The summed E-state index contributed by atoms with van der Waals surface area (Å²) in [6.07, 6.45) is 0.498. The van der Waals surface area contributed by atoms with Crippen molar-refractivity contribution in [2.24, 2.45) is 0 Å². The number of aliphatic hydroxyl groups excluding tert-OH is 1. The molecular formula is C34H32FNO4. The summed E-state index contributed by atoms with van der Waals surface area (Å²) in [4.78, 5) is 12.2. The first kappa shape index (κ1) is 27.2. The first-order valence-electron chi connectivity index (χ1n) is 13.2. The van der Waals surface area contributed by atoms with Gasteiger partial charge in [0.25, 0.3) is 0 Å². The number of rotatable bonds is 9. The number of fused-ring (bicyclic) bond motifs is 1. The molecule has 0 bridgehead atoms. The van der Waals surface area contributed by atoms with Crippen molar-refractivity contribution in [3.8, 4) is 22.6 Å². The van der Waals surface area contributed by atoms with Gasteiger partial charge in [-0.1, -0.05) is 62.4 Å². The summed E-state index contributed by atoms with van der Waals surface area (Å²) >= 11 is 0. The Morgan fingerprint density at radius 3 is 2.25 bits per heavy atom. The SMILES string of the molecule is COC(=O)c1ccc(-c2c(C(C)(C)CCO)n(-c3ccc(F)cc3)c3cccc(OCc4ccccc4)c23)cc1. The second-order valence-electron chi connectivity index (χ2n) is 10.4. The summed E-state index contributed by atoms with van der Waals surface area (Å²) in [5.74, 6) is -0.0230. The van der Waals surface area contributed by atoms with Crippen LogP contribution in [0.4, 0.5) is 4.39 Å². The van der Waals surface area contributed by atoms with Gasteiger partial charge in [0.1, 0.15) is 18.2 Å². The van der Waals surface area contributed by atoms with E-state index in [0.29, 0.717) is 24.3 Å². The number of carbonyl (C=O) groups excluding carboxylic acids is 1. The van der Waals surface area contributed by atoms with Gasteiger partial charge in [0.2, 0.25) is 0 Å². The van der Waals surface area contributed by atoms with Gasteiger partial charge in [-0.2, -0.15) is 0 Å². The smallest absolute Gasteiger partial charge is 0.337 e. The van der Waals surface area contributed by atoms with Crippen LogP contribution in [0.5, 0.6) is 5.75 Å². The van der Waals surface area contributed by atoms with Crippen LogP contribution in [-0.4, -0.2) is 29.4 Å². The van der Waals surface area contributed by atoms with Gasteiger partial charge in [-0.15, -0.1) is 0 Å². The number of aliphatic hydroxyl groups is 1. The molecular weight excluding hydrogens is 505 g/mol. The Balaban J connectivity index is 1.82. The number of halogens is 1. The Kier molecular flexibility index (Phi) is 7.71. The van der Waals surface area contributed by atoms with Crippen molar-refractivity contribution in [1.29, 1.82) is 0 Å². The number of methoxy groups -OCH3 is 1. The molecule has 40 heavy (non-hydrogen) atoms. The molecule has 0 radical (unpaired) electrons. The Hall–Kier alpha value is -4.42. The summed E-state index contributed by atoms with van der Waals surface area (Å²) in [6.45, 7) is 4.57. The first-order valence-corrected chi connectivity index (χ1v) is 13.2. The lowest BCUT2D eigenvalue weighted by Gasteiger charge is -2.28. The van der Waals surface area contributed by atoms with Crippen LogP contribution in [0.2, 0.25) is 0 Å². The molecule has 1 N–H and O–H groups in total. The number of aromatic nitrogens is 1. The second-order valence-corrected chi connectivity index (χ2v) is 10.4. The van der Waals surface area contributed by atoms with Gasteiger partial charge >= 0.3 is 5.97 Å². The number of nitrogens with zero attached hydrogens (tertiary/aromatic N) is 1. The summed E-state index contributed by atoms with van der Waals surface area (Å²) < 4.78 is 27.5. The van der Waals surface area contributed by atoms with Gasteiger partial charge in [0.05, 0.1) is 23.6 Å². The third kappa shape index (κ3) is 5.23. The van der Waals surface area contributed by atoms with Crippen molar-refractivity contribution in [3.63, 3.8) is 0 Å². The average Bonchev–Trinajstić information content (AvgIpc) is 3.33. The van der Waals surface area contributed by atoms with Crippen molar-refractivity contribution in [1.82, 2.24) is 4.57 Å². The monoisotopic (exact) mass is 537 g/mol. The van der Waals surface area contributed by atoms with E-state index in [9.17, 15) is 14.3 Å². The van der Waals surface area contributed by atoms with Crippen LogP contribution in [0.1, 0.15) is 41.9 Å². The number of carbonyl (C=O) groups is 1. The van der Waals surface area contributed by atoms with Crippen LogP contribution in [0.25, 0.3) is 27.7 Å². The Bertz CT molecular complexity index is 1620. The fraction of sp³-hybridized carbons (Fsp3) is 0.206. The molecule has 0 spiro atoms. The van der Waals surface area contributed by atoms with Gasteiger partial charge in [0, 0.05) is 29.0 Å². The van der Waals surface area contributed by atoms with Gasteiger partial charge < -0.3 is 19.1 Å². The van der Waals surface area contributed by atoms with Crippen LogP contribution in [-0.2, 0) is 16.8 Å². The fourth-order valence-corrected chi connectivity index (χ4v) is 5.23. The molecule has 0 aliphatic rings. The highest BCUT2D eigenvalue weighted by atomic mass is 19.1. The molecule has 6 heteroatoms. The molecule has 0 saturated heterocycles. The lowest BCUT2D eigenvalue weighted by atomic mass is 9.81. The Morgan fingerprint density at radius 2 is 1.60 bits per heavy atom. The minimum Gasteiger partial charge on any atom is -0.488 e. The number of esters is 1. The molecule has 1 aromatic heterocycles. The third-order valence-electron chi connectivity index (χ3n) is 7.25. The number of ether oxygens (including phenoxy) is 2. The van der Waals surface area contributed by atoms with E-state index in [2.05, 4.69) is 18.4 Å². The molecule has 0 saturated carbocycles. The Morgan fingerprint density at radius 1 is 0.900 bits per heavy atom. The van der Waals surface area contributed by atoms with Crippen LogP contribution in [0.3, 0.4) is 0 Å². The predicted octanol–water partition coefficient (Wildman–Crippen LogP) is 7.46. The highest BCUT2D eigenvalue weighted by Crippen LogP contribution is 2.47. The molecule has 4 aromatic carbocycles. The lowest BCUT2D eigenvalue weighted by molar-refractivity contribution is 0.0600. The Labute approximate surface area is 233 Å². The third-order valence-corrected chi connectivity index (χ3v) is 7.25. The average molecular weight is 538 g/mol. The molecule has 1 heterocycles. The zero-order valence-corrected chi connectivity index (χ0v) is 22.9. The minimum absolute atomic E-state index is 0.00394. The molecule has 5 nitrogen and oxygen atoms in total. The standard InChI is InChI=1S/C34H32FNO4/c1-34(2,20-21-37)32-30(24-12-14-25(15-13-24)33(38)39-3)31-28(36(32)27-18-16-26(35)17-19-27)10-7-11-29(31)40-22-23-8-5-4-6-9-23/h4-19,37H,20-22H2,1-3H3. The van der Waals surface area contributed by atoms with E-state index >= 15 is 0 Å². The van der Waals surface area contributed by atoms with Gasteiger partial charge in [-0.25, -0.2) is 9.18 Å². The molecule has 0 aliphatic heterocycles. The van der Waals surface area contributed by atoms with Crippen molar-refractivity contribution >= 4 is 16.9 Å². The maximum Gasteiger partial charge on any atom is 0.337 e. The molecule has 0 unspecified atom stereocenters. The van der Waals surface area contributed by atoms with E-state index in [0.717, 1.165) is 39.0 Å². The molecule has 0 atom stereocenters. The molecule has 204 valence electrons. The van der Waals surface area contributed by atoms with Crippen LogP contribution in [0, 0.1) is 5.82 Å². The van der Waals surface area contributed by atoms with Crippen molar-refractivity contribution in [2.45, 2.75) is 32.3 Å². The topological polar surface area (TPSA) is 60.7 Å². The maximum atomic E-state index is 14.0. The summed E-state index contributed by atoms with van der Waals surface area (Å²) in [5.41, 5.74) is 5.45. The number of hydrogen-bond acceptors (Lipinski definition) is 4. The predicted molar refractivity (Wildman–Crippen MR) is 156 cm³/mol. The zero-order valence-electron chi connectivity index (χ0n) is 22.9. The van der Waals surface area contributed by atoms with E-state index in [-0.39, 0.29) is 12.4 Å². The molecule has 5 rings (SSSR count). The van der Waals surface area contributed by atoms with Crippen molar-refractivity contribution in [3.05, 3.63) is 120 Å². The van der Waals surface area contributed by atoms with Gasteiger partial charge in [-0.05, 0) is 66.1 Å². The highest BCUT2D eigenvalue weighted by Gasteiger charge is 2.33. The first-order chi connectivity index (χ1) is 19.3. The minimum atomic E-state index is -0.491. The van der Waals surface area contributed by atoms with E-state index < -0.39 is 11.4 Å². The molecule has 0 amide bonds. The maximum absolute atomic E-state index is 14.0. The van der Waals surface area contributed by atoms with E-state index in [1.165, 1.54) is 19.2 Å². The van der Waals surface area contributed by atoms with Gasteiger partial charge in [-0.3, -0.25) is 0 Å². The normalized spacial score (nSPS) is 11.5. The summed E-state index contributed by atoms with van der Waals surface area (Å²) in [6, 6.07) is 29.6. The highest BCUT2D eigenvalue weighted by molar-refractivity contribution is 6.04. The number of benzene rings is 4. The molecule has 0 aliphatic carbocycles. The molecule has 5 aromatic rings. The second kappa shape index (κ2) is 11.4. The van der Waals surface area contributed by atoms with Gasteiger partial charge in [0.15, 0.2) is 0 Å². The lowest BCUT2D eigenvalue weighted by Crippen LogP contribution is -2.23. The molecule has 0 fully saturated rings. The summed E-state index contributed by atoms with van der Waals surface area (Å²) in [7, 11) is 1.36. The quantitative estimate of drug-likeness (QED) is 0.198. The van der Waals surface area contributed by atoms with E-state index in [1.807, 2.05) is 60.7 Å². The van der Waals surface area contributed by atoms with E-state index in [1.54, 1.807) is 24.3 Å². The number of hydrogen-bond donors (Lipinski definition) is 1. The summed E-state index contributed by atoms with van der Waals surface area (Å²) in [5, 5.41) is 10.9.